The largest absolute Gasteiger partial charge is 0.493 e. The van der Waals surface area contributed by atoms with E-state index in [4.69, 9.17) is 9.47 Å². The number of rotatable bonds is 3. The maximum Gasteiger partial charge on any atom is 0.161 e. The van der Waals surface area contributed by atoms with Crippen molar-refractivity contribution in [1.29, 1.82) is 0 Å². The SMILES string of the molecule is COc1ccc([C@@H]2Nc3c(ccc4ccccc34)[C@@H]3C=CC[C@H]32)cc1OC. The summed E-state index contributed by atoms with van der Waals surface area (Å²) in [6, 6.07) is 19.7. The van der Waals surface area contributed by atoms with Gasteiger partial charge in [0.05, 0.1) is 20.3 Å². The molecule has 0 saturated carbocycles. The number of allylic oxidation sites excluding steroid dienone is 2. The van der Waals surface area contributed by atoms with Crippen LogP contribution in [-0.2, 0) is 0 Å². The first kappa shape index (κ1) is 16.2. The molecule has 136 valence electrons. The van der Waals surface area contributed by atoms with Gasteiger partial charge in [-0.3, -0.25) is 0 Å². The van der Waals surface area contributed by atoms with E-state index in [1.54, 1.807) is 14.2 Å². The van der Waals surface area contributed by atoms with Crippen LogP contribution < -0.4 is 14.8 Å². The van der Waals surface area contributed by atoms with E-state index < -0.39 is 0 Å². The Morgan fingerprint density at radius 2 is 1.78 bits per heavy atom. The van der Waals surface area contributed by atoms with E-state index in [0.29, 0.717) is 11.8 Å². The van der Waals surface area contributed by atoms with Crippen molar-refractivity contribution in [2.45, 2.75) is 18.4 Å². The fraction of sp³-hybridized carbons (Fsp3) is 0.250. The molecule has 0 saturated heterocycles. The Bertz CT molecular complexity index is 1040. The zero-order valence-corrected chi connectivity index (χ0v) is 15.6. The van der Waals surface area contributed by atoms with Crippen molar-refractivity contribution in [3.63, 3.8) is 0 Å². The molecule has 27 heavy (non-hydrogen) atoms. The van der Waals surface area contributed by atoms with E-state index in [-0.39, 0.29) is 6.04 Å². The lowest BCUT2D eigenvalue weighted by Gasteiger charge is -2.38. The van der Waals surface area contributed by atoms with Gasteiger partial charge in [-0.05, 0) is 41.0 Å². The van der Waals surface area contributed by atoms with Gasteiger partial charge in [0.25, 0.3) is 0 Å². The Balaban J connectivity index is 1.65. The Kier molecular flexibility index (Phi) is 3.82. The van der Waals surface area contributed by atoms with Gasteiger partial charge in [-0.15, -0.1) is 0 Å². The molecule has 1 N–H and O–H groups in total. The highest BCUT2D eigenvalue weighted by Crippen LogP contribution is 2.52. The van der Waals surface area contributed by atoms with E-state index in [9.17, 15) is 0 Å². The molecule has 3 aromatic carbocycles. The maximum absolute atomic E-state index is 5.55. The minimum atomic E-state index is 0.239. The zero-order valence-electron chi connectivity index (χ0n) is 15.6. The van der Waals surface area contributed by atoms with Crippen molar-refractivity contribution in [1.82, 2.24) is 0 Å². The normalized spacial score (nSPS) is 22.8. The summed E-state index contributed by atoms with van der Waals surface area (Å²) in [5.74, 6) is 2.51. The molecule has 3 nitrogen and oxygen atoms in total. The van der Waals surface area contributed by atoms with Crippen molar-refractivity contribution < 1.29 is 9.47 Å². The van der Waals surface area contributed by atoms with Crippen LogP contribution in [0.1, 0.15) is 29.5 Å². The molecule has 0 spiro atoms. The first-order chi connectivity index (χ1) is 13.3. The average molecular weight is 357 g/mol. The van der Waals surface area contributed by atoms with Crippen LogP contribution in [0.5, 0.6) is 11.5 Å². The predicted molar refractivity (Wildman–Crippen MR) is 110 cm³/mol. The van der Waals surface area contributed by atoms with Gasteiger partial charge in [0.15, 0.2) is 11.5 Å². The van der Waals surface area contributed by atoms with Crippen LogP contribution >= 0.6 is 0 Å². The molecule has 2 aliphatic rings. The highest BCUT2D eigenvalue weighted by Gasteiger charge is 2.38. The van der Waals surface area contributed by atoms with E-state index in [0.717, 1.165) is 17.9 Å². The summed E-state index contributed by atoms with van der Waals surface area (Å²) >= 11 is 0. The molecule has 0 aromatic heterocycles. The van der Waals surface area contributed by atoms with Crippen LogP contribution in [0.4, 0.5) is 5.69 Å². The molecule has 0 radical (unpaired) electrons. The Morgan fingerprint density at radius 1 is 0.926 bits per heavy atom. The van der Waals surface area contributed by atoms with Crippen LogP contribution in [0.3, 0.4) is 0 Å². The van der Waals surface area contributed by atoms with Crippen molar-refractivity contribution in [2.24, 2.45) is 5.92 Å². The fourth-order valence-electron chi connectivity index (χ4n) is 4.72. The van der Waals surface area contributed by atoms with Gasteiger partial charge in [-0.25, -0.2) is 0 Å². The number of anilines is 1. The summed E-state index contributed by atoms with van der Waals surface area (Å²) in [6.45, 7) is 0. The van der Waals surface area contributed by atoms with Crippen LogP contribution in [0.2, 0.25) is 0 Å². The monoisotopic (exact) mass is 357 g/mol. The number of methoxy groups -OCH3 is 2. The molecular weight excluding hydrogens is 334 g/mol. The van der Waals surface area contributed by atoms with Gasteiger partial charge in [-0.2, -0.15) is 0 Å². The van der Waals surface area contributed by atoms with Crippen LogP contribution in [0.15, 0.2) is 66.7 Å². The van der Waals surface area contributed by atoms with E-state index in [1.165, 1.54) is 27.6 Å². The van der Waals surface area contributed by atoms with Crippen molar-refractivity contribution in [3.05, 3.63) is 77.9 Å². The minimum absolute atomic E-state index is 0.239. The molecule has 1 aliphatic heterocycles. The van der Waals surface area contributed by atoms with Gasteiger partial charge >= 0.3 is 0 Å². The Morgan fingerprint density at radius 3 is 2.63 bits per heavy atom. The average Bonchev–Trinajstić information content (AvgIpc) is 3.22. The van der Waals surface area contributed by atoms with E-state index >= 15 is 0 Å². The molecule has 0 bridgehead atoms. The summed E-state index contributed by atoms with van der Waals surface area (Å²) in [5, 5.41) is 6.44. The molecule has 5 rings (SSSR count). The van der Waals surface area contributed by atoms with Crippen LogP contribution in [-0.4, -0.2) is 14.2 Å². The number of fused-ring (bicyclic) bond motifs is 5. The third-order valence-electron chi connectivity index (χ3n) is 6.03. The lowest BCUT2D eigenvalue weighted by Crippen LogP contribution is -2.29. The summed E-state index contributed by atoms with van der Waals surface area (Å²) < 4.78 is 11.0. The molecule has 3 heteroatoms. The third-order valence-corrected chi connectivity index (χ3v) is 6.03. The number of hydrogen-bond acceptors (Lipinski definition) is 3. The van der Waals surface area contributed by atoms with Gasteiger partial charge < -0.3 is 14.8 Å². The topological polar surface area (TPSA) is 30.5 Å². The summed E-state index contributed by atoms with van der Waals surface area (Å²) in [4.78, 5) is 0. The lowest BCUT2D eigenvalue weighted by molar-refractivity contribution is 0.353. The van der Waals surface area contributed by atoms with Gasteiger partial charge in [-0.1, -0.05) is 54.6 Å². The molecular formula is C24H23NO2. The zero-order chi connectivity index (χ0) is 18.4. The summed E-state index contributed by atoms with van der Waals surface area (Å²) in [5.41, 5.74) is 3.91. The van der Waals surface area contributed by atoms with Crippen molar-refractivity contribution in [3.8, 4) is 11.5 Å². The minimum Gasteiger partial charge on any atom is -0.493 e. The Hall–Kier alpha value is -2.94. The highest BCUT2D eigenvalue weighted by atomic mass is 16.5. The third kappa shape index (κ3) is 2.49. The molecule has 3 aromatic rings. The van der Waals surface area contributed by atoms with Crippen LogP contribution in [0, 0.1) is 5.92 Å². The molecule has 0 unspecified atom stereocenters. The summed E-state index contributed by atoms with van der Waals surface area (Å²) in [7, 11) is 3.37. The number of hydrogen-bond donors (Lipinski definition) is 1. The van der Waals surface area contributed by atoms with Gasteiger partial charge in [0, 0.05) is 17.0 Å². The summed E-state index contributed by atoms with van der Waals surface area (Å²) in [6.07, 6.45) is 5.80. The van der Waals surface area contributed by atoms with Crippen molar-refractivity contribution >= 4 is 16.5 Å². The maximum atomic E-state index is 5.55. The molecule has 0 fully saturated rings. The quantitative estimate of drug-likeness (QED) is 0.611. The van der Waals surface area contributed by atoms with E-state index in [1.807, 2.05) is 6.07 Å². The van der Waals surface area contributed by atoms with Gasteiger partial charge in [0.2, 0.25) is 0 Å². The van der Waals surface area contributed by atoms with Gasteiger partial charge in [0.1, 0.15) is 0 Å². The van der Waals surface area contributed by atoms with E-state index in [2.05, 4.69) is 66.0 Å². The number of nitrogens with one attached hydrogen (secondary N) is 1. The van der Waals surface area contributed by atoms with Crippen LogP contribution in [0.25, 0.3) is 10.8 Å². The second-order valence-corrected chi connectivity index (χ2v) is 7.34. The standard InChI is InChI=1S/C24H23NO2/c1-26-21-13-11-16(14-22(21)27-2)23-19-9-5-8-18(19)20-12-10-15-6-3-4-7-17(15)24(20)25-23/h3-8,10-14,18-19,23,25H,9H2,1-2H3/t18-,19-,23+/m1/s1. The molecule has 1 heterocycles. The number of benzene rings is 3. The highest BCUT2D eigenvalue weighted by molar-refractivity contribution is 5.96. The Labute approximate surface area is 159 Å². The smallest absolute Gasteiger partial charge is 0.161 e. The first-order valence-corrected chi connectivity index (χ1v) is 9.47. The second kappa shape index (κ2) is 6.34. The molecule has 0 amide bonds. The van der Waals surface area contributed by atoms with Crippen molar-refractivity contribution in [2.75, 3.05) is 19.5 Å². The number of ether oxygens (including phenoxy) is 2. The molecule has 1 aliphatic carbocycles. The predicted octanol–water partition coefficient (Wildman–Crippen LogP) is 5.68. The fourth-order valence-corrected chi connectivity index (χ4v) is 4.72. The lowest BCUT2D eigenvalue weighted by atomic mass is 9.76. The second-order valence-electron chi connectivity index (χ2n) is 7.34. The first-order valence-electron chi connectivity index (χ1n) is 9.47. The molecule has 3 atom stereocenters.